The van der Waals surface area contributed by atoms with Crippen LogP contribution in [-0.2, 0) is 9.59 Å². The molecule has 0 aliphatic carbocycles. The van der Waals surface area contributed by atoms with Crippen molar-refractivity contribution in [2.45, 2.75) is 41.5 Å². The van der Waals surface area contributed by atoms with Crippen molar-refractivity contribution in [3.05, 3.63) is 59.7 Å². The maximum Gasteiger partial charge on any atom is 0.181 e. The number of hydrogen-bond acceptors (Lipinski definition) is 8. The number of Topliss-reactive ketones (excluding diaryl/α,β-unsaturated/α-hetero) is 2. The van der Waals surface area contributed by atoms with Gasteiger partial charge in [-0.1, -0.05) is 36.4 Å². The second-order valence-electron chi connectivity index (χ2n) is 7.82. The number of para-hydroxylation sites is 2. The average molecular weight is 461 g/mol. The molecule has 2 aromatic carbocycles. The molecule has 178 valence electrons. The molecule has 2 N–H and O–H groups in total. The number of anilines is 2. The Balaban J connectivity index is 2.06. The van der Waals surface area contributed by atoms with Crippen LogP contribution in [0.2, 0.25) is 0 Å². The molecule has 2 aromatic rings. The van der Waals surface area contributed by atoms with Gasteiger partial charge < -0.3 is 0 Å². The molecular weight excluding hydrogens is 428 g/mol. The summed E-state index contributed by atoms with van der Waals surface area (Å²) in [5.74, 6) is -0.370. The smallest absolute Gasteiger partial charge is 0.181 e. The van der Waals surface area contributed by atoms with Gasteiger partial charge in [0.15, 0.2) is 11.6 Å². The molecule has 0 bridgehead atoms. The molecule has 34 heavy (non-hydrogen) atoms. The molecule has 0 radical (unpaired) electrons. The Hall–Kier alpha value is -3.94. The molecule has 0 saturated heterocycles. The number of benzene rings is 2. The first-order valence-electron chi connectivity index (χ1n) is 11.0. The van der Waals surface area contributed by atoms with Crippen molar-refractivity contribution in [2.24, 2.45) is 20.2 Å². The minimum atomic E-state index is -0.185. The maximum absolute atomic E-state index is 12.1. The number of carbonyl (C=O) groups is 2. The van der Waals surface area contributed by atoms with E-state index in [4.69, 9.17) is 0 Å². The number of nitrogens with zero attached hydrogens (tertiary/aromatic N) is 4. The second kappa shape index (κ2) is 12.9. The van der Waals surface area contributed by atoms with Crippen LogP contribution >= 0.6 is 0 Å². The molecule has 0 amide bonds. The molecule has 0 heterocycles. The number of nitrogens with one attached hydrogen (secondary N) is 2. The zero-order chi connectivity index (χ0) is 25.1. The third kappa shape index (κ3) is 7.88. The van der Waals surface area contributed by atoms with Crippen molar-refractivity contribution in [3.63, 3.8) is 0 Å². The van der Waals surface area contributed by atoms with Crippen molar-refractivity contribution in [2.75, 3.05) is 23.9 Å². The van der Waals surface area contributed by atoms with Gasteiger partial charge >= 0.3 is 0 Å². The van der Waals surface area contributed by atoms with Gasteiger partial charge in [-0.25, -0.2) is 0 Å². The van der Waals surface area contributed by atoms with Gasteiger partial charge in [0, 0.05) is 13.8 Å². The van der Waals surface area contributed by atoms with Crippen LogP contribution in [0.4, 0.5) is 11.4 Å². The number of carbonyl (C=O) groups excluding carboxylic acids is 2. The molecule has 0 atom stereocenters. The lowest BCUT2D eigenvalue weighted by Crippen LogP contribution is -2.22. The summed E-state index contributed by atoms with van der Waals surface area (Å²) < 4.78 is 0. The number of aliphatic imine (C=N–C) groups is 2. The van der Waals surface area contributed by atoms with E-state index in [1.807, 2.05) is 62.4 Å². The highest BCUT2D eigenvalue weighted by molar-refractivity contribution is 6.67. The van der Waals surface area contributed by atoms with E-state index in [1.54, 1.807) is 13.8 Å². The summed E-state index contributed by atoms with van der Waals surface area (Å²) in [5, 5.41) is 8.52. The number of rotatable bonds is 11. The average Bonchev–Trinajstić information content (AvgIpc) is 2.79. The van der Waals surface area contributed by atoms with E-state index in [0.29, 0.717) is 24.5 Å². The molecule has 8 nitrogen and oxygen atoms in total. The van der Waals surface area contributed by atoms with E-state index in [9.17, 15) is 9.59 Å². The summed E-state index contributed by atoms with van der Waals surface area (Å²) in [6, 6.07) is 15.4. The Kier molecular flexibility index (Phi) is 10.0. The highest BCUT2D eigenvalue weighted by atomic mass is 16.1. The van der Waals surface area contributed by atoms with Crippen molar-refractivity contribution in [1.82, 2.24) is 0 Å². The lowest BCUT2D eigenvalue weighted by molar-refractivity contribution is -0.111. The number of hydrogen-bond donors (Lipinski definition) is 2. The summed E-state index contributed by atoms with van der Waals surface area (Å²) in [6.07, 6.45) is 0. The quantitative estimate of drug-likeness (QED) is 0.289. The van der Waals surface area contributed by atoms with Crippen molar-refractivity contribution >= 4 is 45.8 Å². The Morgan fingerprint density at radius 3 is 1.32 bits per heavy atom. The van der Waals surface area contributed by atoms with E-state index in [1.165, 1.54) is 13.8 Å². The summed E-state index contributed by atoms with van der Waals surface area (Å²) >= 11 is 0. The van der Waals surface area contributed by atoms with Gasteiger partial charge in [-0.3, -0.25) is 30.4 Å². The first-order valence-corrected chi connectivity index (χ1v) is 11.0. The fourth-order valence-electron chi connectivity index (χ4n) is 3.04. The van der Waals surface area contributed by atoms with Gasteiger partial charge in [0.1, 0.15) is 11.4 Å². The van der Waals surface area contributed by atoms with Gasteiger partial charge in [-0.05, 0) is 51.0 Å². The summed E-state index contributed by atoms with van der Waals surface area (Å²) in [7, 11) is 0. The van der Waals surface area contributed by atoms with Crippen LogP contribution in [0.1, 0.15) is 38.8 Å². The van der Waals surface area contributed by atoms with Gasteiger partial charge in [0.25, 0.3) is 0 Å². The molecular formula is C26H32N6O2. The number of hydrazone groups is 2. The topological polar surface area (TPSA) is 108 Å². The third-order valence-electron chi connectivity index (χ3n) is 5.02. The van der Waals surface area contributed by atoms with Crippen LogP contribution in [0, 0.1) is 13.8 Å². The van der Waals surface area contributed by atoms with Crippen molar-refractivity contribution in [3.8, 4) is 0 Å². The van der Waals surface area contributed by atoms with E-state index in [2.05, 4.69) is 31.0 Å². The Labute approximate surface area is 201 Å². The van der Waals surface area contributed by atoms with Crippen molar-refractivity contribution < 1.29 is 9.59 Å². The van der Waals surface area contributed by atoms with Gasteiger partial charge in [-0.2, -0.15) is 10.2 Å². The minimum Gasteiger partial charge on any atom is -0.293 e. The molecule has 0 unspecified atom stereocenters. The Bertz CT molecular complexity index is 1070. The highest BCUT2D eigenvalue weighted by Gasteiger charge is 2.12. The van der Waals surface area contributed by atoms with Crippen LogP contribution < -0.4 is 10.9 Å². The monoisotopic (exact) mass is 460 g/mol. The fourth-order valence-corrected chi connectivity index (χ4v) is 3.04. The second-order valence-corrected chi connectivity index (χ2v) is 7.82. The molecule has 2 rings (SSSR count). The summed E-state index contributed by atoms with van der Waals surface area (Å²) in [4.78, 5) is 33.0. The summed E-state index contributed by atoms with van der Waals surface area (Å²) in [5.41, 5.74) is 11.1. The van der Waals surface area contributed by atoms with Crippen LogP contribution in [0.25, 0.3) is 0 Å². The van der Waals surface area contributed by atoms with Gasteiger partial charge in [0.05, 0.1) is 35.9 Å². The zero-order valence-electron chi connectivity index (χ0n) is 20.6. The van der Waals surface area contributed by atoms with Crippen molar-refractivity contribution in [1.29, 1.82) is 0 Å². The molecule has 0 aliphatic rings. The minimum absolute atomic E-state index is 0.185. The molecule has 0 saturated carbocycles. The van der Waals surface area contributed by atoms with E-state index >= 15 is 0 Å². The standard InChI is InChI=1S/C26H32N6O2/c1-17-11-7-9-13-23(17)29-31-25(21(5)33)19(3)27-15-16-28-20(4)26(22(6)34)32-30-24-14-10-8-12-18(24)2/h7-14,29-30H,15-16H2,1-6H3. The molecule has 0 fully saturated rings. The normalized spacial score (nSPS) is 13.0. The summed E-state index contributed by atoms with van der Waals surface area (Å²) in [6.45, 7) is 11.0. The number of aryl methyl sites for hydroxylation is 2. The van der Waals surface area contributed by atoms with E-state index in [0.717, 1.165) is 22.5 Å². The fraction of sp³-hybridized carbons (Fsp3) is 0.308. The predicted octanol–water partition coefficient (Wildman–Crippen LogP) is 4.64. The lowest BCUT2D eigenvalue weighted by atomic mass is 10.2. The SMILES string of the molecule is CC(=O)C(=NNc1ccccc1C)C(C)=NCCN=C(C)C(=NNc1ccccc1C)C(C)=O. The van der Waals surface area contributed by atoms with E-state index < -0.39 is 0 Å². The molecule has 8 heteroatoms. The van der Waals surface area contributed by atoms with Crippen LogP contribution in [0.15, 0.2) is 68.7 Å². The third-order valence-corrected chi connectivity index (χ3v) is 5.02. The molecule has 0 spiro atoms. The zero-order valence-corrected chi connectivity index (χ0v) is 20.6. The van der Waals surface area contributed by atoms with E-state index in [-0.39, 0.29) is 23.0 Å². The van der Waals surface area contributed by atoms with Gasteiger partial charge in [-0.15, -0.1) is 0 Å². The molecule has 0 aromatic heterocycles. The Morgan fingerprint density at radius 2 is 1.00 bits per heavy atom. The first kappa shape index (κ1) is 26.3. The van der Waals surface area contributed by atoms with Crippen LogP contribution in [0.3, 0.4) is 0 Å². The molecule has 0 aliphatic heterocycles. The highest BCUT2D eigenvalue weighted by Crippen LogP contribution is 2.14. The Morgan fingerprint density at radius 1 is 0.647 bits per heavy atom. The van der Waals surface area contributed by atoms with Crippen LogP contribution in [0.5, 0.6) is 0 Å². The maximum atomic E-state index is 12.1. The first-order chi connectivity index (χ1) is 16.2. The van der Waals surface area contributed by atoms with Gasteiger partial charge in [0.2, 0.25) is 0 Å². The number of ketones is 2. The predicted molar refractivity (Wildman–Crippen MR) is 142 cm³/mol. The lowest BCUT2D eigenvalue weighted by Gasteiger charge is -2.08. The van der Waals surface area contributed by atoms with Crippen LogP contribution in [-0.4, -0.2) is 47.5 Å². The largest absolute Gasteiger partial charge is 0.293 e.